The number of phosphoric ester groups is 1. The first-order chi connectivity index (χ1) is 29.1. The van der Waals surface area contributed by atoms with Crippen LogP contribution in [-0.2, 0) is 42.2 Å². The van der Waals surface area contributed by atoms with Crippen LogP contribution in [0.5, 0.6) is 0 Å². The van der Waals surface area contributed by atoms with E-state index in [2.05, 4.69) is 20.8 Å². The lowest BCUT2D eigenvalue weighted by atomic mass is 10.1. The summed E-state index contributed by atoms with van der Waals surface area (Å²) in [4.78, 5) is 49.9. The first-order valence-corrected chi connectivity index (χ1v) is 26.4. The third-order valence-corrected chi connectivity index (χ3v) is 11.9. The Kier molecular flexibility index (Phi) is 46.8. The summed E-state index contributed by atoms with van der Waals surface area (Å²) in [6.07, 6.45) is 36.2. The second kappa shape index (κ2) is 46.4. The van der Waals surface area contributed by atoms with Crippen LogP contribution in [0, 0.1) is 0 Å². The first kappa shape index (κ1) is 61.5. The van der Waals surface area contributed by atoms with Gasteiger partial charge in [0.2, 0.25) is 0 Å². The van der Waals surface area contributed by atoms with E-state index in [0.29, 0.717) is 19.3 Å². The second-order valence-electron chi connectivity index (χ2n) is 17.0. The largest absolute Gasteiger partial charge is 0.756 e. The summed E-state index contributed by atoms with van der Waals surface area (Å²) in [5.41, 5.74) is 0. The third kappa shape index (κ3) is 46.3. The topological polar surface area (TPSA) is 194 Å². The number of carbonyl (C=O) groups excluding carboxylic acids is 3. The van der Waals surface area contributed by atoms with E-state index in [1.807, 2.05) is 0 Å². The van der Waals surface area contributed by atoms with E-state index in [1.54, 1.807) is 0 Å². The third-order valence-electron chi connectivity index (χ3n) is 11.0. The number of quaternary nitrogens is 1. The molecule has 12 nitrogen and oxygen atoms in total. The smallest absolute Gasteiger partial charge is 0.306 e. The normalized spacial score (nSPS) is 13.3. The molecular formula is C48H96NO11P. The zero-order valence-electron chi connectivity index (χ0n) is 39.9. The van der Waals surface area contributed by atoms with E-state index in [1.165, 1.54) is 135 Å². The number of aliphatic hydroxyl groups excluding tert-OH is 1. The van der Waals surface area contributed by atoms with Crippen LogP contribution in [0.15, 0.2) is 0 Å². The zero-order valence-corrected chi connectivity index (χ0v) is 40.8. The lowest BCUT2D eigenvalue weighted by Gasteiger charge is -2.26. The van der Waals surface area contributed by atoms with E-state index in [0.717, 1.165) is 57.8 Å². The molecule has 3 unspecified atom stereocenters. The predicted molar refractivity (Wildman–Crippen MR) is 247 cm³/mol. The highest BCUT2D eigenvalue weighted by Crippen LogP contribution is 2.38. The van der Waals surface area contributed by atoms with E-state index in [9.17, 15) is 28.9 Å². The molecule has 0 aliphatic rings. The molecule has 0 spiro atoms. The van der Waals surface area contributed by atoms with Gasteiger partial charge in [0.15, 0.2) is 6.10 Å². The van der Waals surface area contributed by atoms with Gasteiger partial charge in [-0.25, -0.2) is 0 Å². The maximum absolute atomic E-state index is 12.7. The molecule has 0 aromatic rings. The van der Waals surface area contributed by atoms with E-state index in [-0.39, 0.29) is 32.0 Å². The number of esters is 3. The van der Waals surface area contributed by atoms with Gasteiger partial charge in [0.1, 0.15) is 19.3 Å². The summed E-state index contributed by atoms with van der Waals surface area (Å²) < 4.78 is 38.4. The molecule has 61 heavy (non-hydrogen) atoms. The molecular weight excluding hydrogens is 797 g/mol. The van der Waals surface area contributed by atoms with Crippen molar-refractivity contribution in [1.29, 1.82) is 0 Å². The molecule has 0 saturated heterocycles. The Hall–Kier alpha value is -1.56. The van der Waals surface area contributed by atoms with Gasteiger partial charge in [-0.3, -0.25) is 18.9 Å². The van der Waals surface area contributed by atoms with Crippen LogP contribution >= 0.6 is 7.82 Å². The minimum absolute atomic E-state index is 0. The van der Waals surface area contributed by atoms with Gasteiger partial charge in [-0.2, -0.15) is 0 Å². The molecule has 0 aliphatic heterocycles. The maximum atomic E-state index is 12.7. The number of ether oxygens (including phenoxy) is 3. The summed E-state index contributed by atoms with van der Waals surface area (Å²) in [7, 11) is -4.95. The molecule has 0 rings (SSSR count). The van der Waals surface area contributed by atoms with Gasteiger partial charge >= 0.3 is 17.9 Å². The van der Waals surface area contributed by atoms with Gasteiger partial charge in [0, 0.05) is 19.3 Å². The number of phosphoric acid groups is 1. The molecule has 5 N–H and O–H groups in total. The summed E-state index contributed by atoms with van der Waals surface area (Å²) in [6.45, 7) is 4.62. The van der Waals surface area contributed by atoms with Crippen LogP contribution in [0.2, 0.25) is 0 Å². The molecule has 0 bridgehead atoms. The van der Waals surface area contributed by atoms with Gasteiger partial charge in [-0.1, -0.05) is 213 Å². The van der Waals surface area contributed by atoms with Gasteiger partial charge < -0.3 is 39.4 Å². The van der Waals surface area contributed by atoms with Crippen molar-refractivity contribution in [1.82, 2.24) is 6.15 Å². The van der Waals surface area contributed by atoms with E-state index >= 15 is 0 Å². The standard InChI is InChI=1S/C48H93O11P.H3N/c1-4-7-10-13-16-19-22-25-28-31-34-37-46(50)55-40-44(49)41-57-60(53,54)58-43-45(59-48(52)39-36-33-30-27-24-21-18-15-12-9-6-3)42-56-47(51)38-35-32-29-26-23-20-17-14-11-8-5-2;/h44-45,49H,4-43H2,1-3H3,(H,53,54);1H3. The average molecular weight is 894 g/mol. The lowest BCUT2D eigenvalue weighted by Crippen LogP contribution is -2.31. The van der Waals surface area contributed by atoms with Crippen molar-refractivity contribution in [2.45, 2.75) is 264 Å². The van der Waals surface area contributed by atoms with Crippen molar-refractivity contribution in [3.8, 4) is 0 Å². The molecule has 0 radical (unpaired) electrons. The van der Waals surface area contributed by atoms with Crippen LogP contribution in [0.25, 0.3) is 0 Å². The Labute approximate surface area is 373 Å². The van der Waals surface area contributed by atoms with Gasteiger partial charge in [-0.15, -0.1) is 0 Å². The highest BCUT2D eigenvalue weighted by molar-refractivity contribution is 7.45. The molecule has 0 fully saturated rings. The Morgan fingerprint density at radius 2 is 0.705 bits per heavy atom. The van der Waals surface area contributed by atoms with Crippen molar-refractivity contribution in [3.63, 3.8) is 0 Å². The molecule has 0 aromatic heterocycles. The van der Waals surface area contributed by atoms with Crippen molar-refractivity contribution in [2.75, 3.05) is 26.4 Å². The zero-order chi connectivity index (χ0) is 44.2. The van der Waals surface area contributed by atoms with Crippen molar-refractivity contribution in [3.05, 3.63) is 0 Å². The lowest BCUT2D eigenvalue weighted by molar-refractivity contribution is -0.230. The molecule has 0 heterocycles. The quantitative estimate of drug-likeness (QED) is 0.0255. The second-order valence-corrected chi connectivity index (χ2v) is 18.4. The number of aliphatic hydroxyl groups is 1. The van der Waals surface area contributed by atoms with Crippen LogP contribution in [0.3, 0.4) is 0 Å². The Morgan fingerprint density at radius 1 is 0.426 bits per heavy atom. The number of rotatable bonds is 47. The maximum Gasteiger partial charge on any atom is 0.306 e. The Bertz CT molecular complexity index is 1030. The van der Waals surface area contributed by atoms with Crippen molar-refractivity contribution < 1.29 is 52.2 Å². The Balaban J connectivity index is 0. The number of hydrogen-bond donors (Lipinski definition) is 2. The predicted octanol–water partition coefficient (Wildman–Crippen LogP) is 13.3. The average Bonchev–Trinajstić information content (AvgIpc) is 3.23. The van der Waals surface area contributed by atoms with Crippen molar-refractivity contribution >= 4 is 25.7 Å². The van der Waals surface area contributed by atoms with E-state index in [4.69, 9.17) is 23.3 Å². The fourth-order valence-corrected chi connectivity index (χ4v) is 7.90. The van der Waals surface area contributed by atoms with Gasteiger partial charge in [0.05, 0.1) is 13.2 Å². The molecule has 0 amide bonds. The highest BCUT2D eigenvalue weighted by atomic mass is 31.2. The van der Waals surface area contributed by atoms with Crippen LogP contribution in [0.1, 0.15) is 252 Å². The summed E-state index contributed by atoms with van der Waals surface area (Å²) in [5.74, 6) is -1.42. The monoisotopic (exact) mass is 894 g/mol. The number of carbonyl (C=O) groups is 3. The van der Waals surface area contributed by atoms with Crippen molar-refractivity contribution in [2.24, 2.45) is 0 Å². The fraction of sp³-hybridized carbons (Fsp3) is 0.938. The molecule has 364 valence electrons. The molecule has 13 heteroatoms. The summed E-state index contributed by atoms with van der Waals surface area (Å²) in [6, 6.07) is 0. The minimum Gasteiger partial charge on any atom is -0.756 e. The van der Waals surface area contributed by atoms with Gasteiger partial charge in [0.25, 0.3) is 7.82 Å². The fourth-order valence-electron chi connectivity index (χ4n) is 7.12. The number of hydrogen-bond acceptors (Lipinski definition) is 11. The number of unbranched alkanes of at least 4 members (excludes halogenated alkanes) is 30. The van der Waals surface area contributed by atoms with Gasteiger partial charge in [-0.05, 0) is 19.3 Å². The molecule has 0 aliphatic carbocycles. The molecule has 0 saturated carbocycles. The molecule has 0 aromatic carbocycles. The van der Waals surface area contributed by atoms with Crippen LogP contribution in [0.4, 0.5) is 0 Å². The Morgan fingerprint density at radius 3 is 1.05 bits per heavy atom. The highest BCUT2D eigenvalue weighted by Gasteiger charge is 2.22. The first-order valence-electron chi connectivity index (χ1n) is 24.9. The minimum atomic E-state index is -4.95. The van der Waals surface area contributed by atoms with E-state index < -0.39 is 57.8 Å². The van der Waals surface area contributed by atoms with Crippen LogP contribution in [-0.4, -0.2) is 61.6 Å². The molecule has 3 atom stereocenters. The SMILES string of the molecule is CCCCCCCCCCCCCC(=O)OCC(O)COP(=O)([O-])OCC(COC(=O)CCCCCCCCCCCCC)OC(=O)CCCCCCCCCCCCC.[NH4+]. The summed E-state index contributed by atoms with van der Waals surface area (Å²) in [5, 5.41) is 10.2. The van der Waals surface area contributed by atoms with Crippen LogP contribution < -0.4 is 11.0 Å². The summed E-state index contributed by atoms with van der Waals surface area (Å²) >= 11 is 0.